The molecule has 1 amide bonds. The van der Waals surface area contributed by atoms with Crippen molar-refractivity contribution in [3.63, 3.8) is 0 Å². The zero-order chi connectivity index (χ0) is 35.6. The molecule has 0 saturated carbocycles. The quantitative estimate of drug-likeness (QED) is 0.0947. The molecule has 4 fully saturated rings. The number of amides is 1. The number of aliphatic hydroxyl groups excluding tert-OH is 13. The number of hydrogen-bond acceptors (Lipinski definition) is 21. The van der Waals surface area contributed by atoms with Crippen LogP contribution in [0.4, 0.5) is 0 Å². The molecule has 0 spiro atoms. The van der Waals surface area contributed by atoms with E-state index in [1.54, 1.807) is 0 Å². The van der Waals surface area contributed by atoms with E-state index in [4.69, 9.17) is 33.2 Å². The first-order valence-corrected chi connectivity index (χ1v) is 15.1. The lowest BCUT2D eigenvalue weighted by molar-refractivity contribution is -0.382. The first-order chi connectivity index (χ1) is 22.6. The molecule has 4 aliphatic rings. The highest BCUT2D eigenvalue weighted by atomic mass is 16.8. The fraction of sp³-hybridized carbons (Fsp3) is 0.962. The second-order valence-corrected chi connectivity index (χ2v) is 11.9. The molecule has 0 bridgehead atoms. The van der Waals surface area contributed by atoms with Gasteiger partial charge in [0, 0.05) is 6.92 Å². The van der Waals surface area contributed by atoms with Gasteiger partial charge in [0.25, 0.3) is 0 Å². The third-order valence-electron chi connectivity index (χ3n) is 8.59. The van der Waals surface area contributed by atoms with E-state index < -0.39 is 155 Å². The van der Waals surface area contributed by atoms with E-state index >= 15 is 0 Å². The van der Waals surface area contributed by atoms with Gasteiger partial charge in [0.15, 0.2) is 25.2 Å². The summed E-state index contributed by atoms with van der Waals surface area (Å²) in [7, 11) is 0. The summed E-state index contributed by atoms with van der Waals surface area (Å²) >= 11 is 0. The van der Waals surface area contributed by atoms with E-state index in [1.807, 2.05) is 0 Å². The van der Waals surface area contributed by atoms with E-state index in [0.29, 0.717) is 0 Å². The molecule has 0 aromatic heterocycles. The zero-order valence-electron chi connectivity index (χ0n) is 25.5. The molecule has 280 valence electrons. The molecule has 0 radical (unpaired) electrons. The Morgan fingerprint density at radius 3 is 1.65 bits per heavy atom. The molecule has 4 rings (SSSR count). The van der Waals surface area contributed by atoms with Gasteiger partial charge in [0.1, 0.15) is 97.6 Å². The summed E-state index contributed by atoms with van der Waals surface area (Å²) in [4.78, 5) is 11.8. The predicted octanol–water partition coefficient (Wildman–Crippen LogP) is -9.61. The summed E-state index contributed by atoms with van der Waals surface area (Å²) in [6.45, 7) is -2.11. The minimum atomic E-state index is -2.06. The van der Waals surface area contributed by atoms with E-state index in [9.17, 15) is 71.2 Å². The Bertz CT molecular complexity index is 1030. The summed E-state index contributed by atoms with van der Waals surface area (Å²) < 4.78 is 38.5. The van der Waals surface area contributed by atoms with Gasteiger partial charge in [-0.2, -0.15) is 0 Å². The standard InChI is InChI=1S/C26H45NO21/c1-6(31)27-11-15(35)12(32)7(2-28)44-24(11)42-5-10-14(34)22(48-25-19(39)16(36)13(33)8(3-29)45-25)20(40)26(46-10)47-21-9(4-30)43-23(41)18(38)17(21)37/h7-26,28-30,32-41H,2-5H2,1H3,(H,27,31)/t7-,8-,9-,10-,11-,12-,13+,14+,15-,16+,17-,18-,19-,20-,21-,22+,23-,24-,25-,26+/m1/s1. The molecular formula is C26H45NO21. The maximum absolute atomic E-state index is 11.8. The minimum Gasteiger partial charge on any atom is -0.394 e. The van der Waals surface area contributed by atoms with Gasteiger partial charge < -0.3 is 105 Å². The van der Waals surface area contributed by atoms with Crippen LogP contribution in [0.1, 0.15) is 6.92 Å². The third-order valence-corrected chi connectivity index (χ3v) is 8.59. The number of hydrogen-bond donors (Lipinski definition) is 14. The molecule has 4 saturated heterocycles. The monoisotopic (exact) mass is 707 g/mol. The average molecular weight is 708 g/mol. The largest absolute Gasteiger partial charge is 0.394 e. The van der Waals surface area contributed by atoms with Crippen molar-refractivity contribution in [1.29, 1.82) is 0 Å². The molecule has 0 aromatic carbocycles. The maximum Gasteiger partial charge on any atom is 0.217 e. The fourth-order valence-electron chi connectivity index (χ4n) is 5.84. The first kappa shape index (κ1) is 39.5. The van der Waals surface area contributed by atoms with Crippen LogP contribution in [0, 0.1) is 0 Å². The van der Waals surface area contributed by atoms with Gasteiger partial charge in [-0.1, -0.05) is 0 Å². The number of carbonyl (C=O) groups is 1. The van der Waals surface area contributed by atoms with Crippen molar-refractivity contribution in [2.75, 3.05) is 26.4 Å². The lowest BCUT2D eigenvalue weighted by Gasteiger charge is -2.48. The summed E-state index contributed by atoms with van der Waals surface area (Å²) in [6, 6.07) is -1.41. The third kappa shape index (κ3) is 8.24. The number of aliphatic hydroxyl groups is 13. The Hall–Kier alpha value is -1.33. The molecule has 0 aliphatic carbocycles. The van der Waals surface area contributed by atoms with Crippen molar-refractivity contribution >= 4 is 5.91 Å². The fourth-order valence-corrected chi connectivity index (χ4v) is 5.84. The second-order valence-electron chi connectivity index (χ2n) is 11.9. The molecule has 0 aromatic rings. The van der Waals surface area contributed by atoms with Crippen LogP contribution in [-0.2, 0) is 38.0 Å². The van der Waals surface area contributed by atoms with Crippen LogP contribution < -0.4 is 5.32 Å². The minimum absolute atomic E-state index is 0.663. The molecule has 14 N–H and O–H groups in total. The first-order valence-electron chi connectivity index (χ1n) is 15.1. The highest BCUT2D eigenvalue weighted by molar-refractivity contribution is 5.73. The van der Waals surface area contributed by atoms with Crippen molar-refractivity contribution in [3.8, 4) is 0 Å². The zero-order valence-corrected chi connectivity index (χ0v) is 25.5. The van der Waals surface area contributed by atoms with Crippen LogP contribution in [0.5, 0.6) is 0 Å². The topological polar surface area (TPSA) is 357 Å². The Kier molecular flexibility index (Phi) is 13.8. The van der Waals surface area contributed by atoms with Crippen molar-refractivity contribution < 1.29 is 104 Å². The normalized spacial score (nSPS) is 50.2. The number of rotatable bonds is 11. The predicted molar refractivity (Wildman–Crippen MR) is 145 cm³/mol. The lowest BCUT2D eigenvalue weighted by Crippen LogP contribution is -2.67. The van der Waals surface area contributed by atoms with Gasteiger partial charge in [-0.3, -0.25) is 4.79 Å². The SMILES string of the molecule is CC(=O)N[C@H]1[C@H](OC[C@H]2O[C@@H](O[C@H]3[C@H](O)[C@@H](O)[C@H](O)O[C@@H]3CO)[C@H](O)[C@@H](O[C@H]3O[C@H](CO)[C@H](O)[C@H](O)[C@H]3O)[C@H]2O)O[C@H](CO)[C@@H](O)[C@@H]1O. The van der Waals surface area contributed by atoms with Crippen molar-refractivity contribution in [1.82, 2.24) is 5.32 Å². The van der Waals surface area contributed by atoms with Crippen LogP contribution in [0.2, 0.25) is 0 Å². The molecule has 48 heavy (non-hydrogen) atoms. The van der Waals surface area contributed by atoms with E-state index in [2.05, 4.69) is 5.32 Å². The van der Waals surface area contributed by atoms with E-state index in [1.165, 1.54) is 0 Å². The second kappa shape index (κ2) is 16.8. The van der Waals surface area contributed by atoms with Crippen LogP contribution >= 0.6 is 0 Å². The van der Waals surface area contributed by atoms with Crippen molar-refractivity contribution in [2.45, 2.75) is 130 Å². The van der Waals surface area contributed by atoms with E-state index in [-0.39, 0.29) is 0 Å². The Balaban J connectivity index is 1.59. The van der Waals surface area contributed by atoms with Gasteiger partial charge >= 0.3 is 0 Å². The summed E-state index contributed by atoms with van der Waals surface area (Å²) in [5, 5.41) is 136. The summed E-state index contributed by atoms with van der Waals surface area (Å²) in [5.74, 6) is -0.663. The average Bonchev–Trinajstić information content (AvgIpc) is 3.06. The lowest BCUT2D eigenvalue weighted by atomic mass is 9.95. The van der Waals surface area contributed by atoms with Gasteiger partial charge in [0.2, 0.25) is 5.91 Å². The Labute approximate surface area is 272 Å². The smallest absolute Gasteiger partial charge is 0.217 e. The van der Waals surface area contributed by atoms with Gasteiger partial charge in [-0.15, -0.1) is 0 Å². The highest BCUT2D eigenvalue weighted by Gasteiger charge is 2.54. The number of carbonyl (C=O) groups excluding carboxylic acids is 1. The molecular weight excluding hydrogens is 662 g/mol. The molecule has 4 heterocycles. The Morgan fingerprint density at radius 2 is 1.06 bits per heavy atom. The maximum atomic E-state index is 11.8. The van der Waals surface area contributed by atoms with Crippen LogP contribution in [0.15, 0.2) is 0 Å². The van der Waals surface area contributed by atoms with Crippen molar-refractivity contribution in [2.24, 2.45) is 0 Å². The van der Waals surface area contributed by atoms with Crippen LogP contribution in [-0.4, -0.2) is 221 Å². The highest BCUT2D eigenvalue weighted by Crippen LogP contribution is 2.33. The molecule has 0 unspecified atom stereocenters. The van der Waals surface area contributed by atoms with Gasteiger partial charge in [-0.05, 0) is 0 Å². The molecule has 22 nitrogen and oxygen atoms in total. The summed E-state index contributed by atoms with van der Waals surface area (Å²) in [5.41, 5.74) is 0. The molecule has 20 atom stereocenters. The Morgan fingerprint density at radius 1 is 0.542 bits per heavy atom. The number of ether oxygens (including phenoxy) is 7. The number of nitrogens with one attached hydrogen (secondary N) is 1. The molecule has 22 heteroatoms. The van der Waals surface area contributed by atoms with E-state index in [0.717, 1.165) is 6.92 Å². The molecule has 4 aliphatic heterocycles. The van der Waals surface area contributed by atoms with Gasteiger partial charge in [0.05, 0.1) is 26.4 Å². The van der Waals surface area contributed by atoms with Gasteiger partial charge in [-0.25, -0.2) is 0 Å². The summed E-state index contributed by atoms with van der Waals surface area (Å²) in [6.07, 6.45) is -33.8. The van der Waals surface area contributed by atoms with Crippen LogP contribution in [0.3, 0.4) is 0 Å². The van der Waals surface area contributed by atoms with Crippen LogP contribution in [0.25, 0.3) is 0 Å². The van der Waals surface area contributed by atoms with Crippen molar-refractivity contribution in [3.05, 3.63) is 0 Å².